The Bertz CT molecular complexity index is 786. The van der Waals surface area contributed by atoms with E-state index in [9.17, 15) is 0 Å². The molecule has 1 aliphatic rings. The zero-order chi connectivity index (χ0) is 25.3. The third kappa shape index (κ3) is 10.2. The number of benzene rings is 2. The van der Waals surface area contributed by atoms with Crippen LogP contribution in [0.25, 0.3) is 0 Å². The summed E-state index contributed by atoms with van der Waals surface area (Å²) in [5.74, 6) is 1.91. The van der Waals surface area contributed by atoms with Crippen LogP contribution in [0.2, 0.25) is 0 Å². The number of fused-ring (bicyclic) bond motifs is 2. The molecule has 2 heteroatoms. The van der Waals surface area contributed by atoms with Crippen LogP contribution in [0.15, 0.2) is 36.4 Å². The SMILES string of the molecule is CCCCCCCCCCOc1cc2c(cc1OCCCCCCCCCC)Cc1ccccc1C2. The van der Waals surface area contributed by atoms with Gasteiger partial charge in [0.1, 0.15) is 0 Å². The van der Waals surface area contributed by atoms with Crippen molar-refractivity contribution in [3.63, 3.8) is 0 Å². The lowest BCUT2D eigenvalue weighted by Crippen LogP contribution is -2.10. The smallest absolute Gasteiger partial charge is 0.161 e. The fourth-order valence-electron chi connectivity index (χ4n) is 5.35. The van der Waals surface area contributed by atoms with E-state index in [4.69, 9.17) is 9.47 Å². The zero-order valence-electron chi connectivity index (χ0n) is 23.4. The zero-order valence-corrected chi connectivity index (χ0v) is 23.4. The average molecular weight is 493 g/mol. The highest BCUT2D eigenvalue weighted by molar-refractivity contribution is 5.53. The first-order valence-electron chi connectivity index (χ1n) is 15.3. The van der Waals surface area contributed by atoms with Crippen molar-refractivity contribution in [1.82, 2.24) is 0 Å². The van der Waals surface area contributed by atoms with Gasteiger partial charge in [-0.25, -0.2) is 0 Å². The van der Waals surface area contributed by atoms with E-state index >= 15 is 0 Å². The van der Waals surface area contributed by atoms with Gasteiger partial charge in [0.05, 0.1) is 13.2 Å². The molecule has 0 aliphatic heterocycles. The molecule has 0 unspecified atom stereocenters. The normalized spacial score (nSPS) is 12.3. The van der Waals surface area contributed by atoms with Gasteiger partial charge in [-0.05, 0) is 60.1 Å². The molecule has 0 aromatic heterocycles. The van der Waals surface area contributed by atoms with E-state index in [-0.39, 0.29) is 0 Å². The Morgan fingerprint density at radius 2 is 0.833 bits per heavy atom. The van der Waals surface area contributed by atoms with Crippen LogP contribution in [0.3, 0.4) is 0 Å². The van der Waals surface area contributed by atoms with E-state index in [0.29, 0.717) is 0 Å². The van der Waals surface area contributed by atoms with E-state index in [2.05, 4.69) is 50.2 Å². The largest absolute Gasteiger partial charge is 0.490 e. The van der Waals surface area contributed by atoms with Crippen LogP contribution in [-0.2, 0) is 12.8 Å². The maximum absolute atomic E-state index is 6.34. The van der Waals surface area contributed by atoms with E-state index in [1.807, 2.05) is 0 Å². The van der Waals surface area contributed by atoms with Crippen molar-refractivity contribution in [3.05, 3.63) is 58.7 Å². The summed E-state index contributed by atoms with van der Waals surface area (Å²) < 4.78 is 12.7. The van der Waals surface area contributed by atoms with Gasteiger partial charge in [0.2, 0.25) is 0 Å². The van der Waals surface area contributed by atoms with Gasteiger partial charge in [-0.15, -0.1) is 0 Å². The second kappa shape index (κ2) is 17.5. The molecule has 36 heavy (non-hydrogen) atoms. The third-order valence-electron chi connectivity index (χ3n) is 7.66. The van der Waals surface area contributed by atoms with E-state index in [1.54, 1.807) is 0 Å². The third-order valence-corrected chi connectivity index (χ3v) is 7.66. The van der Waals surface area contributed by atoms with Gasteiger partial charge in [-0.1, -0.05) is 128 Å². The highest BCUT2D eigenvalue weighted by Gasteiger charge is 2.19. The Morgan fingerprint density at radius 1 is 0.472 bits per heavy atom. The molecular formula is C34H52O2. The van der Waals surface area contributed by atoms with Crippen molar-refractivity contribution in [2.24, 2.45) is 0 Å². The Morgan fingerprint density at radius 3 is 1.22 bits per heavy atom. The van der Waals surface area contributed by atoms with Gasteiger partial charge in [0, 0.05) is 0 Å². The predicted octanol–water partition coefficient (Wildman–Crippen LogP) is 10.2. The average Bonchev–Trinajstić information content (AvgIpc) is 2.90. The minimum absolute atomic E-state index is 0.790. The van der Waals surface area contributed by atoms with Gasteiger partial charge in [-0.2, -0.15) is 0 Å². The standard InChI is InChI=1S/C34H52O2/c1-3-5-7-9-11-13-15-19-23-35-33-27-31-25-29-21-17-18-22-30(29)26-32(31)28-34(33)36-24-20-16-14-12-10-8-6-4-2/h17-18,21-22,27-28H,3-16,19-20,23-26H2,1-2H3. The number of hydrogen-bond acceptors (Lipinski definition) is 2. The monoisotopic (exact) mass is 492 g/mol. The molecular weight excluding hydrogens is 440 g/mol. The first-order valence-corrected chi connectivity index (χ1v) is 15.3. The highest BCUT2D eigenvalue weighted by atomic mass is 16.5. The fourth-order valence-corrected chi connectivity index (χ4v) is 5.35. The summed E-state index contributed by atoms with van der Waals surface area (Å²) in [6, 6.07) is 13.4. The number of rotatable bonds is 20. The maximum Gasteiger partial charge on any atom is 0.161 e. The molecule has 2 nitrogen and oxygen atoms in total. The van der Waals surface area contributed by atoms with Crippen LogP contribution in [0.1, 0.15) is 139 Å². The molecule has 0 atom stereocenters. The minimum Gasteiger partial charge on any atom is -0.490 e. The summed E-state index contributed by atoms with van der Waals surface area (Å²) in [4.78, 5) is 0. The van der Waals surface area contributed by atoms with Gasteiger partial charge in [0.15, 0.2) is 11.5 Å². The van der Waals surface area contributed by atoms with Crippen LogP contribution < -0.4 is 9.47 Å². The molecule has 2 aromatic carbocycles. The summed E-state index contributed by atoms with van der Waals surface area (Å²) in [5, 5.41) is 0. The van der Waals surface area contributed by atoms with Gasteiger partial charge in [0.25, 0.3) is 0 Å². The second-order valence-electron chi connectivity index (χ2n) is 10.8. The molecule has 0 fully saturated rings. The summed E-state index contributed by atoms with van der Waals surface area (Å²) in [7, 11) is 0. The molecule has 0 bridgehead atoms. The Kier molecular flexibility index (Phi) is 13.9. The maximum atomic E-state index is 6.34. The summed E-state index contributed by atoms with van der Waals surface area (Å²) >= 11 is 0. The number of ether oxygens (including phenoxy) is 2. The van der Waals surface area contributed by atoms with Gasteiger partial charge < -0.3 is 9.47 Å². The van der Waals surface area contributed by atoms with Gasteiger partial charge in [-0.3, -0.25) is 0 Å². The molecule has 0 N–H and O–H groups in total. The molecule has 0 heterocycles. The van der Waals surface area contributed by atoms with Crippen molar-refractivity contribution in [2.45, 2.75) is 129 Å². The van der Waals surface area contributed by atoms with E-state index in [1.165, 1.54) is 112 Å². The Balaban J connectivity index is 1.48. The molecule has 2 aromatic rings. The molecule has 0 amide bonds. The molecule has 200 valence electrons. The highest BCUT2D eigenvalue weighted by Crippen LogP contribution is 2.36. The topological polar surface area (TPSA) is 18.5 Å². The molecule has 0 radical (unpaired) electrons. The van der Waals surface area contributed by atoms with Crippen molar-refractivity contribution in [2.75, 3.05) is 13.2 Å². The van der Waals surface area contributed by atoms with E-state index in [0.717, 1.165) is 50.4 Å². The first-order chi connectivity index (χ1) is 17.8. The number of unbranched alkanes of at least 4 members (excludes halogenated alkanes) is 14. The van der Waals surface area contributed by atoms with Crippen LogP contribution in [0.4, 0.5) is 0 Å². The lowest BCUT2D eigenvalue weighted by molar-refractivity contribution is 0.258. The van der Waals surface area contributed by atoms with Crippen molar-refractivity contribution < 1.29 is 9.47 Å². The summed E-state index contributed by atoms with van der Waals surface area (Å²) in [6.07, 6.45) is 23.1. The lowest BCUT2D eigenvalue weighted by atomic mass is 9.86. The minimum atomic E-state index is 0.790. The van der Waals surface area contributed by atoms with Crippen molar-refractivity contribution >= 4 is 0 Å². The number of hydrogen-bond donors (Lipinski definition) is 0. The predicted molar refractivity (Wildman–Crippen MR) is 155 cm³/mol. The van der Waals surface area contributed by atoms with Crippen LogP contribution >= 0.6 is 0 Å². The molecule has 0 saturated heterocycles. The van der Waals surface area contributed by atoms with Gasteiger partial charge >= 0.3 is 0 Å². The van der Waals surface area contributed by atoms with Crippen molar-refractivity contribution in [3.8, 4) is 11.5 Å². The summed E-state index contributed by atoms with van der Waals surface area (Å²) in [6.45, 7) is 6.14. The molecule has 0 saturated carbocycles. The molecule has 1 aliphatic carbocycles. The van der Waals surface area contributed by atoms with Crippen LogP contribution in [0, 0.1) is 0 Å². The fraction of sp³-hybridized carbons (Fsp3) is 0.647. The molecule has 0 spiro atoms. The van der Waals surface area contributed by atoms with Crippen LogP contribution in [0.5, 0.6) is 11.5 Å². The van der Waals surface area contributed by atoms with E-state index < -0.39 is 0 Å². The quantitative estimate of drug-likeness (QED) is 0.146. The van der Waals surface area contributed by atoms with Crippen molar-refractivity contribution in [1.29, 1.82) is 0 Å². The Hall–Kier alpha value is -1.96. The van der Waals surface area contributed by atoms with Crippen LogP contribution in [-0.4, -0.2) is 13.2 Å². The molecule has 3 rings (SSSR count). The second-order valence-corrected chi connectivity index (χ2v) is 10.8. The Labute approximate surface area is 222 Å². The summed E-state index contributed by atoms with van der Waals surface area (Å²) in [5.41, 5.74) is 5.70. The lowest BCUT2D eigenvalue weighted by Gasteiger charge is -2.22. The first kappa shape index (κ1) is 28.6.